The van der Waals surface area contributed by atoms with E-state index in [1.807, 2.05) is 0 Å². The van der Waals surface area contributed by atoms with E-state index in [0.29, 0.717) is 4.88 Å². The summed E-state index contributed by atoms with van der Waals surface area (Å²) in [5.41, 5.74) is -8.39. The zero-order valence-electron chi connectivity index (χ0n) is 31.3. The van der Waals surface area contributed by atoms with Crippen molar-refractivity contribution in [2.24, 2.45) is 16.7 Å². The maximum absolute atomic E-state index is 14.7. The number of Topliss-reactive ketones (excluding diaryl/α,β-unsaturated/α-hetero) is 1. The molecule has 1 aromatic heterocycles. The summed E-state index contributed by atoms with van der Waals surface area (Å²) in [7, 11) is 0. The number of amides is 1. The van der Waals surface area contributed by atoms with Crippen LogP contribution >= 0.6 is 11.3 Å². The monoisotopic (exact) mass is 771 g/mol. The summed E-state index contributed by atoms with van der Waals surface area (Å²) < 4.78 is 23.1. The second-order valence-corrected chi connectivity index (χ2v) is 17.6. The molecule has 54 heavy (non-hydrogen) atoms. The van der Waals surface area contributed by atoms with Crippen LogP contribution in [0.5, 0.6) is 0 Å². The lowest BCUT2D eigenvalue weighted by molar-refractivity contribution is -0.343. The fourth-order valence-corrected chi connectivity index (χ4v) is 9.74. The van der Waals surface area contributed by atoms with Crippen LogP contribution in [0.25, 0.3) is 0 Å². The highest BCUT2D eigenvalue weighted by Crippen LogP contribution is 2.63. The fourth-order valence-electron chi connectivity index (χ4n) is 8.93. The van der Waals surface area contributed by atoms with E-state index in [0.717, 1.165) is 11.3 Å². The zero-order valence-corrected chi connectivity index (χ0v) is 32.1. The van der Waals surface area contributed by atoms with E-state index in [4.69, 9.17) is 18.9 Å². The molecular weight excluding hydrogens is 722 g/mol. The minimum absolute atomic E-state index is 0.0400. The summed E-state index contributed by atoms with van der Waals surface area (Å²) in [6.07, 6.45) is -11.2. The van der Waals surface area contributed by atoms with Crippen molar-refractivity contribution < 1.29 is 63.7 Å². The minimum atomic E-state index is -2.30. The Morgan fingerprint density at radius 2 is 1.69 bits per heavy atom. The summed E-state index contributed by atoms with van der Waals surface area (Å²) >= 11 is 1.16. The summed E-state index contributed by atoms with van der Waals surface area (Å²) in [5, 5.41) is 64.7. The van der Waals surface area contributed by atoms with Crippen molar-refractivity contribution in [3.63, 3.8) is 0 Å². The number of ketones is 1. The first kappa shape index (κ1) is 40.0. The smallest absolute Gasteiger partial charge is 0.408 e. The number of carbonyl (C=O) groups excluding carboxylic acids is 4. The second-order valence-electron chi connectivity index (χ2n) is 16.6. The van der Waals surface area contributed by atoms with Gasteiger partial charge in [-0.3, -0.25) is 4.79 Å². The Labute approximate surface area is 317 Å². The van der Waals surface area contributed by atoms with Gasteiger partial charge in [-0.1, -0.05) is 38.1 Å². The highest BCUT2D eigenvalue weighted by atomic mass is 32.1. The number of benzene rings is 1. The van der Waals surface area contributed by atoms with Gasteiger partial charge in [-0.05, 0) is 69.3 Å². The van der Waals surface area contributed by atoms with Gasteiger partial charge in [-0.25, -0.2) is 14.4 Å². The average molecular weight is 772 g/mol. The van der Waals surface area contributed by atoms with Gasteiger partial charge in [0.05, 0.1) is 29.8 Å². The predicted octanol–water partition coefficient (Wildman–Crippen LogP) is 2.75. The molecule has 1 amide bonds. The Bertz CT molecular complexity index is 1820. The number of aliphatic hydroxyl groups excluding tert-OH is 3. The van der Waals surface area contributed by atoms with E-state index in [2.05, 4.69) is 5.32 Å². The summed E-state index contributed by atoms with van der Waals surface area (Å²) in [5.74, 6) is -4.52. The summed E-state index contributed by atoms with van der Waals surface area (Å²) in [4.78, 5) is 55.7. The standard InChI is InChI=1S/C39H49NO13S/c1-19-21(51-33(46)28(43)26(22-14-11-15-54-22)40-34(47)53-35(2,3)4)17-39(49)31(52-32(45)20-12-9-8-10-13-20)29-37(7,23(41)16-24-38(29,48)18-50-24)30(44)27(42)25(19)36(39,5)6/h8-15,21,23-24,26-29,31,41-43,48-49H,16-18H2,1-7H3,(H,40,47)/t21-,23-,24+,26-,27+,28+,29-,31-,37+,38-,39+/m0/s1. The number of ether oxygens (including phenoxy) is 4. The van der Waals surface area contributed by atoms with E-state index in [1.54, 1.807) is 70.3 Å². The molecule has 0 radical (unpaired) electrons. The first-order chi connectivity index (χ1) is 25.1. The molecule has 1 aromatic carbocycles. The molecule has 2 bridgehead atoms. The van der Waals surface area contributed by atoms with Gasteiger partial charge < -0.3 is 49.8 Å². The number of esters is 2. The average Bonchev–Trinajstić information content (AvgIpc) is 3.63. The van der Waals surface area contributed by atoms with Crippen molar-refractivity contribution in [3.05, 3.63) is 69.4 Å². The molecule has 2 saturated carbocycles. The highest BCUT2D eigenvalue weighted by molar-refractivity contribution is 7.10. The van der Waals surface area contributed by atoms with E-state index in [-0.39, 0.29) is 29.7 Å². The van der Waals surface area contributed by atoms with Gasteiger partial charge in [0.1, 0.15) is 41.2 Å². The maximum atomic E-state index is 14.7. The lowest BCUT2D eigenvalue weighted by Gasteiger charge is -2.66. The molecule has 6 N–H and O–H groups in total. The zero-order chi connectivity index (χ0) is 39.8. The first-order valence-corrected chi connectivity index (χ1v) is 18.8. The van der Waals surface area contributed by atoms with Crippen LogP contribution in [-0.2, 0) is 28.5 Å². The Hall–Kier alpha value is -3.70. The lowest BCUT2D eigenvalue weighted by Crippen LogP contribution is -2.81. The van der Waals surface area contributed by atoms with Gasteiger partial charge in [-0.15, -0.1) is 11.3 Å². The minimum Gasteiger partial charge on any atom is -0.456 e. The van der Waals surface area contributed by atoms with Gasteiger partial charge in [0.15, 0.2) is 11.9 Å². The van der Waals surface area contributed by atoms with E-state index >= 15 is 0 Å². The van der Waals surface area contributed by atoms with Crippen LogP contribution in [0.4, 0.5) is 4.79 Å². The van der Waals surface area contributed by atoms with Gasteiger partial charge in [0.25, 0.3) is 0 Å². The number of alkyl carbamates (subject to hydrolysis) is 1. The van der Waals surface area contributed by atoms with Crippen molar-refractivity contribution in [2.45, 2.75) is 121 Å². The molecule has 15 heteroatoms. The SMILES string of the molecule is CC1=C2[C@@H](O)C(=O)[C@@]3(C)[C@H]([C@H](OC(=O)c4ccccc4)[C@](O)(C[C@@H]1OC(=O)[C@H](O)[C@@H](NC(=O)OC(C)(C)C)c1cccs1)C2(C)C)[C@]1(O)CO[C@@H]1C[C@@H]3O. The van der Waals surface area contributed by atoms with Crippen molar-refractivity contribution in [1.82, 2.24) is 5.32 Å². The molecule has 2 aromatic rings. The maximum Gasteiger partial charge on any atom is 0.408 e. The Kier molecular flexibility index (Phi) is 10.2. The largest absolute Gasteiger partial charge is 0.456 e. The number of hydrogen-bond donors (Lipinski definition) is 6. The highest BCUT2D eigenvalue weighted by Gasteiger charge is 2.76. The summed E-state index contributed by atoms with van der Waals surface area (Å²) in [6, 6.07) is 9.85. The Balaban J connectivity index is 1.45. The van der Waals surface area contributed by atoms with Gasteiger partial charge >= 0.3 is 18.0 Å². The molecule has 2 heterocycles. The molecule has 0 spiro atoms. The molecule has 1 aliphatic heterocycles. The molecule has 6 rings (SSSR count). The molecule has 3 aliphatic carbocycles. The molecule has 14 nitrogen and oxygen atoms in total. The van der Waals surface area contributed by atoms with Crippen molar-refractivity contribution in [2.75, 3.05) is 6.61 Å². The van der Waals surface area contributed by atoms with Crippen LogP contribution in [-0.4, -0.2) is 109 Å². The van der Waals surface area contributed by atoms with E-state index in [1.165, 1.54) is 26.0 Å². The van der Waals surface area contributed by atoms with Gasteiger partial charge in [-0.2, -0.15) is 0 Å². The number of rotatable bonds is 7. The van der Waals surface area contributed by atoms with Gasteiger partial charge in [0.2, 0.25) is 0 Å². The normalized spacial score (nSPS) is 35.5. The third-order valence-corrected chi connectivity index (χ3v) is 12.9. The van der Waals surface area contributed by atoms with Crippen LogP contribution in [0.3, 0.4) is 0 Å². The third kappa shape index (κ3) is 6.36. The number of nitrogens with one attached hydrogen (secondary N) is 1. The fraction of sp³-hybridized carbons (Fsp3) is 0.590. The van der Waals surface area contributed by atoms with Crippen molar-refractivity contribution in [1.29, 1.82) is 0 Å². The van der Waals surface area contributed by atoms with Crippen molar-refractivity contribution in [3.8, 4) is 0 Å². The molecule has 0 unspecified atom stereocenters. The lowest BCUT2D eigenvalue weighted by atomic mass is 9.44. The quantitative estimate of drug-likeness (QED) is 0.136. The second kappa shape index (κ2) is 13.8. The number of fused-ring (bicyclic) bond motifs is 5. The van der Waals surface area contributed by atoms with Crippen LogP contribution in [0.2, 0.25) is 0 Å². The molecule has 1 saturated heterocycles. The molecule has 4 aliphatic rings. The van der Waals surface area contributed by atoms with Crippen LogP contribution in [0, 0.1) is 16.7 Å². The Morgan fingerprint density at radius 3 is 2.26 bits per heavy atom. The number of carbonyl (C=O) groups is 4. The van der Waals surface area contributed by atoms with Crippen LogP contribution in [0.15, 0.2) is 59.0 Å². The number of hydrogen-bond acceptors (Lipinski definition) is 14. The van der Waals surface area contributed by atoms with Crippen molar-refractivity contribution >= 4 is 35.2 Å². The summed E-state index contributed by atoms with van der Waals surface area (Å²) in [6.45, 7) is 10.6. The van der Waals surface area contributed by atoms with Crippen LogP contribution < -0.4 is 5.32 Å². The van der Waals surface area contributed by atoms with E-state index in [9.17, 15) is 44.7 Å². The van der Waals surface area contributed by atoms with E-state index < -0.39 is 106 Å². The van der Waals surface area contributed by atoms with Crippen LogP contribution in [0.1, 0.15) is 82.6 Å². The molecule has 11 atom stereocenters. The predicted molar refractivity (Wildman–Crippen MR) is 192 cm³/mol. The molecular formula is C39H49NO13S. The molecule has 294 valence electrons. The number of thiophene rings is 1. The topological polar surface area (TPSA) is 218 Å². The third-order valence-electron chi connectivity index (χ3n) is 12.0. The Morgan fingerprint density at radius 1 is 1.02 bits per heavy atom. The van der Waals surface area contributed by atoms with Gasteiger partial charge in [0, 0.05) is 29.1 Å². The first-order valence-electron chi connectivity index (χ1n) is 17.9. The molecule has 3 fully saturated rings. The number of aliphatic hydroxyl groups is 5.